The van der Waals surface area contributed by atoms with Crippen molar-refractivity contribution in [1.29, 1.82) is 0 Å². The Kier molecular flexibility index (Phi) is 3.25. The van der Waals surface area contributed by atoms with Gasteiger partial charge >= 0.3 is 0 Å². The van der Waals surface area contributed by atoms with Gasteiger partial charge in [0, 0.05) is 53.5 Å². The Morgan fingerprint density at radius 1 is 0.667 bits per heavy atom. The molecule has 8 aromatic rings. The second-order valence-electron chi connectivity index (χ2n) is 8.92. The van der Waals surface area contributed by atoms with Gasteiger partial charge in [0.25, 0.3) is 0 Å². The number of aromatic nitrogens is 2. The molecule has 0 radical (unpaired) electrons. The number of hydrogen-bond donors (Lipinski definition) is 0. The van der Waals surface area contributed by atoms with Crippen LogP contribution in [0.15, 0.2) is 91.1 Å². The van der Waals surface area contributed by atoms with E-state index in [0.29, 0.717) is 0 Å². The van der Waals surface area contributed by atoms with Crippen molar-refractivity contribution in [2.45, 2.75) is 6.92 Å². The minimum Gasteiger partial charge on any atom is -0.308 e. The quantitative estimate of drug-likeness (QED) is 0.251. The van der Waals surface area contributed by atoms with Gasteiger partial charge in [-0.05, 0) is 55.0 Å². The molecule has 0 fully saturated rings. The summed E-state index contributed by atoms with van der Waals surface area (Å²) in [5.74, 6) is 0. The normalized spacial score (nSPS) is 12.4. The molecule has 0 atom stereocenters. The maximum absolute atomic E-state index is 4.64. The van der Waals surface area contributed by atoms with Crippen molar-refractivity contribution in [3.8, 4) is 11.3 Å². The van der Waals surface area contributed by atoms with E-state index < -0.39 is 0 Å². The van der Waals surface area contributed by atoms with Crippen molar-refractivity contribution in [3.05, 3.63) is 96.7 Å². The van der Waals surface area contributed by atoms with E-state index in [9.17, 15) is 0 Å². The Morgan fingerprint density at radius 3 is 2.39 bits per heavy atom. The summed E-state index contributed by atoms with van der Waals surface area (Å²) in [5.41, 5.74) is 7.28. The van der Waals surface area contributed by atoms with E-state index in [2.05, 4.69) is 95.2 Å². The molecule has 0 aliphatic rings. The molecule has 33 heavy (non-hydrogen) atoms. The van der Waals surface area contributed by atoms with Gasteiger partial charge in [-0.25, -0.2) is 0 Å². The maximum Gasteiger partial charge on any atom is 0.0704 e. The molecule has 4 aromatic carbocycles. The molecule has 4 aromatic heterocycles. The van der Waals surface area contributed by atoms with Gasteiger partial charge in [-0.3, -0.25) is 4.98 Å². The van der Waals surface area contributed by atoms with E-state index in [1.165, 1.54) is 63.8 Å². The number of nitrogens with zero attached hydrogens (tertiary/aromatic N) is 2. The molecule has 0 unspecified atom stereocenters. The molecular formula is C30H18N2S. The van der Waals surface area contributed by atoms with Gasteiger partial charge in [-0.1, -0.05) is 42.5 Å². The highest BCUT2D eigenvalue weighted by atomic mass is 32.1. The lowest BCUT2D eigenvalue weighted by molar-refractivity contribution is 1.29. The number of benzene rings is 4. The Bertz CT molecular complexity index is 2040. The van der Waals surface area contributed by atoms with Crippen molar-refractivity contribution in [2.24, 2.45) is 0 Å². The second kappa shape index (κ2) is 6.09. The second-order valence-corrected chi connectivity index (χ2v) is 10.0. The van der Waals surface area contributed by atoms with Crippen molar-refractivity contribution in [3.63, 3.8) is 0 Å². The van der Waals surface area contributed by atoms with Gasteiger partial charge < -0.3 is 4.40 Å². The molecule has 3 heteroatoms. The van der Waals surface area contributed by atoms with Gasteiger partial charge in [0.1, 0.15) is 0 Å². The Labute approximate surface area is 193 Å². The third-order valence-electron chi connectivity index (χ3n) is 7.02. The summed E-state index contributed by atoms with van der Waals surface area (Å²) in [4.78, 5) is 4.64. The van der Waals surface area contributed by atoms with Crippen LogP contribution in [0.1, 0.15) is 5.56 Å². The van der Waals surface area contributed by atoms with E-state index in [0.717, 1.165) is 11.3 Å². The van der Waals surface area contributed by atoms with Crippen molar-refractivity contribution < 1.29 is 0 Å². The third-order valence-corrected chi connectivity index (χ3v) is 8.13. The molecule has 0 bridgehead atoms. The largest absolute Gasteiger partial charge is 0.308 e. The molecule has 0 aliphatic heterocycles. The lowest BCUT2D eigenvalue weighted by atomic mass is 10.0. The highest BCUT2D eigenvalue weighted by Crippen LogP contribution is 2.47. The van der Waals surface area contributed by atoms with Gasteiger partial charge in [0.2, 0.25) is 0 Å². The van der Waals surface area contributed by atoms with Crippen molar-refractivity contribution >= 4 is 69.6 Å². The first-order valence-electron chi connectivity index (χ1n) is 11.2. The topological polar surface area (TPSA) is 17.3 Å². The van der Waals surface area contributed by atoms with E-state index in [1.807, 2.05) is 23.6 Å². The van der Waals surface area contributed by atoms with Gasteiger partial charge in [-0.15, -0.1) is 11.3 Å². The Balaban J connectivity index is 1.63. The SMILES string of the molecule is Cc1ccnc(-c2ccc3c(c2)c2cc4sc5ccccc5c4c4c5ccccc5n3c24)c1. The number of fused-ring (bicyclic) bond motifs is 10. The molecule has 0 saturated heterocycles. The summed E-state index contributed by atoms with van der Waals surface area (Å²) in [6, 6.07) is 31.1. The van der Waals surface area contributed by atoms with Crippen LogP contribution in [-0.2, 0) is 0 Å². The summed E-state index contributed by atoms with van der Waals surface area (Å²) < 4.78 is 5.17. The molecule has 0 amide bonds. The highest BCUT2D eigenvalue weighted by molar-refractivity contribution is 7.26. The van der Waals surface area contributed by atoms with Crippen LogP contribution in [0.25, 0.3) is 69.5 Å². The van der Waals surface area contributed by atoms with Crippen molar-refractivity contribution in [2.75, 3.05) is 0 Å². The summed E-state index contributed by atoms with van der Waals surface area (Å²) in [5, 5.41) is 8.07. The summed E-state index contributed by atoms with van der Waals surface area (Å²) in [6.45, 7) is 2.12. The number of hydrogen-bond acceptors (Lipinski definition) is 2. The van der Waals surface area contributed by atoms with Crippen LogP contribution >= 0.6 is 11.3 Å². The zero-order valence-electron chi connectivity index (χ0n) is 18.0. The van der Waals surface area contributed by atoms with Crippen LogP contribution in [0, 0.1) is 6.92 Å². The fourth-order valence-corrected chi connectivity index (χ4v) is 6.78. The van der Waals surface area contributed by atoms with Crippen LogP contribution < -0.4 is 0 Å². The minimum atomic E-state index is 1.03. The zero-order valence-corrected chi connectivity index (χ0v) is 18.8. The molecule has 4 heterocycles. The Morgan fingerprint density at radius 2 is 1.48 bits per heavy atom. The van der Waals surface area contributed by atoms with Crippen LogP contribution in [0.3, 0.4) is 0 Å². The molecular weight excluding hydrogens is 420 g/mol. The number of pyridine rings is 1. The standard InChI is InChI=1S/C30H18N2S/c1-17-12-13-31-23(14-17)18-10-11-25-21(15-18)22-16-27-28(20-7-3-5-9-26(20)33-27)29-19-6-2-4-8-24(19)32(25)30(22)29/h2-16H,1H3. The first-order chi connectivity index (χ1) is 16.3. The monoisotopic (exact) mass is 438 g/mol. The molecule has 0 spiro atoms. The number of thiophene rings is 1. The highest BCUT2D eigenvalue weighted by Gasteiger charge is 2.22. The zero-order chi connectivity index (χ0) is 21.7. The van der Waals surface area contributed by atoms with Crippen LogP contribution in [-0.4, -0.2) is 9.38 Å². The minimum absolute atomic E-state index is 1.03. The summed E-state index contributed by atoms with van der Waals surface area (Å²) in [6.07, 6.45) is 1.90. The molecule has 154 valence electrons. The molecule has 0 N–H and O–H groups in total. The molecule has 2 nitrogen and oxygen atoms in total. The van der Waals surface area contributed by atoms with E-state index in [4.69, 9.17) is 0 Å². The molecule has 0 saturated carbocycles. The predicted molar refractivity (Wildman–Crippen MR) is 142 cm³/mol. The fourth-order valence-electron chi connectivity index (χ4n) is 5.63. The Hall–Kier alpha value is -3.95. The van der Waals surface area contributed by atoms with Crippen LogP contribution in [0.4, 0.5) is 0 Å². The average Bonchev–Trinajstić information content (AvgIpc) is 3.49. The number of aryl methyl sites for hydroxylation is 1. The summed E-state index contributed by atoms with van der Waals surface area (Å²) >= 11 is 1.90. The van der Waals surface area contributed by atoms with Crippen LogP contribution in [0.5, 0.6) is 0 Å². The predicted octanol–water partition coefficient (Wildman–Crippen LogP) is 8.58. The third kappa shape index (κ3) is 2.20. The number of para-hydroxylation sites is 1. The lowest BCUT2D eigenvalue weighted by Crippen LogP contribution is -1.85. The van der Waals surface area contributed by atoms with Gasteiger partial charge in [0.05, 0.1) is 22.2 Å². The maximum atomic E-state index is 4.64. The van der Waals surface area contributed by atoms with E-state index in [1.54, 1.807) is 0 Å². The van der Waals surface area contributed by atoms with E-state index >= 15 is 0 Å². The van der Waals surface area contributed by atoms with Gasteiger partial charge in [-0.2, -0.15) is 0 Å². The smallest absolute Gasteiger partial charge is 0.0704 e. The van der Waals surface area contributed by atoms with E-state index in [-0.39, 0.29) is 0 Å². The van der Waals surface area contributed by atoms with Crippen molar-refractivity contribution in [1.82, 2.24) is 9.38 Å². The van der Waals surface area contributed by atoms with Crippen LogP contribution in [0.2, 0.25) is 0 Å². The average molecular weight is 439 g/mol. The first kappa shape index (κ1) is 17.6. The molecule has 8 rings (SSSR count). The number of rotatable bonds is 1. The summed E-state index contributed by atoms with van der Waals surface area (Å²) in [7, 11) is 0. The van der Waals surface area contributed by atoms with Gasteiger partial charge in [0.15, 0.2) is 0 Å². The molecule has 0 aliphatic carbocycles. The fraction of sp³-hybridized carbons (Fsp3) is 0.0333. The first-order valence-corrected chi connectivity index (χ1v) is 12.0. The lowest BCUT2D eigenvalue weighted by Gasteiger charge is -2.04.